The number of rotatable bonds is 7. The summed E-state index contributed by atoms with van der Waals surface area (Å²) in [6.45, 7) is 5.15. The van der Waals surface area contributed by atoms with Crippen LogP contribution in [0.3, 0.4) is 0 Å². The number of guanidine groups is 1. The Morgan fingerprint density at radius 3 is 2.67 bits per heavy atom. The monoisotopic (exact) mass is 544 g/mol. The van der Waals surface area contributed by atoms with Crippen LogP contribution in [0.2, 0.25) is 0 Å². The highest BCUT2D eigenvalue weighted by Crippen LogP contribution is 2.34. The number of ether oxygens (including phenoxy) is 2. The van der Waals surface area contributed by atoms with E-state index in [9.17, 15) is 0 Å². The molecule has 0 aliphatic carbocycles. The predicted octanol–water partition coefficient (Wildman–Crippen LogP) is 4.22. The topological polar surface area (TPSA) is 59.0 Å². The summed E-state index contributed by atoms with van der Waals surface area (Å²) in [7, 11) is 5.59. The van der Waals surface area contributed by atoms with Crippen LogP contribution in [0.4, 0.5) is 0 Å². The molecule has 30 heavy (non-hydrogen) atoms. The van der Waals surface area contributed by atoms with E-state index in [0.717, 1.165) is 49.3 Å². The second-order valence-corrected chi connectivity index (χ2v) is 8.46. The summed E-state index contributed by atoms with van der Waals surface area (Å²) < 4.78 is 11.0. The molecule has 1 aliphatic rings. The lowest BCUT2D eigenvalue weighted by Crippen LogP contribution is -2.48. The molecule has 1 atom stereocenters. The molecule has 1 unspecified atom stereocenters. The number of aromatic nitrogens is 1. The molecule has 6 nitrogen and oxygen atoms in total. The van der Waals surface area contributed by atoms with E-state index >= 15 is 0 Å². The van der Waals surface area contributed by atoms with Crippen LogP contribution < -0.4 is 5.32 Å². The van der Waals surface area contributed by atoms with Crippen molar-refractivity contribution in [2.45, 2.75) is 37.8 Å². The van der Waals surface area contributed by atoms with Gasteiger partial charge < -0.3 is 19.7 Å². The Bertz CT molecular complexity index is 793. The van der Waals surface area contributed by atoms with Gasteiger partial charge in [-0.05, 0) is 25.3 Å². The number of nitrogens with zero attached hydrogens (tertiary/aromatic N) is 3. The Morgan fingerprint density at radius 1 is 1.33 bits per heavy atom. The summed E-state index contributed by atoms with van der Waals surface area (Å²) in [5.74, 6) is 0.876. The summed E-state index contributed by atoms with van der Waals surface area (Å²) in [5, 5.41) is 6.71. The maximum Gasteiger partial charge on any atom is 0.193 e. The van der Waals surface area contributed by atoms with Gasteiger partial charge in [0.25, 0.3) is 0 Å². The van der Waals surface area contributed by atoms with Crippen molar-refractivity contribution in [3.05, 3.63) is 52.0 Å². The molecule has 1 fully saturated rings. The lowest BCUT2D eigenvalue weighted by Gasteiger charge is -2.39. The second-order valence-electron chi connectivity index (χ2n) is 7.57. The molecule has 1 N–H and O–H groups in total. The number of hydrogen-bond acceptors (Lipinski definition) is 5. The third-order valence-corrected chi connectivity index (χ3v) is 6.72. The zero-order chi connectivity index (χ0) is 20.7. The van der Waals surface area contributed by atoms with Gasteiger partial charge in [-0.2, -0.15) is 0 Å². The standard InChI is InChI=1S/C22H32N4O2S.HI/c1-17(27-4)20-25-19(15-29-20)14-26(3)21(23-2)24-16-22(10-12-28-13-11-22)18-8-6-5-7-9-18;/h5-9,15,17H,10-14,16H2,1-4H3,(H,23,24);1H. The highest BCUT2D eigenvalue weighted by atomic mass is 127. The van der Waals surface area contributed by atoms with Crippen molar-refractivity contribution in [1.29, 1.82) is 0 Å². The molecule has 2 heterocycles. The van der Waals surface area contributed by atoms with E-state index in [1.807, 2.05) is 21.0 Å². The van der Waals surface area contributed by atoms with Gasteiger partial charge in [-0.3, -0.25) is 4.99 Å². The first-order valence-corrected chi connectivity index (χ1v) is 11.0. The van der Waals surface area contributed by atoms with Crippen LogP contribution in [-0.2, 0) is 21.4 Å². The minimum atomic E-state index is 0. The Kier molecular flexibility index (Phi) is 9.99. The molecule has 8 heteroatoms. The molecule has 1 aromatic heterocycles. The van der Waals surface area contributed by atoms with Crippen molar-refractivity contribution in [2.75, 3.05) is 41.0 Å². The van der Waals surface area contributed by atoms with Crippen molar-refractivity contribution >= 4 is 41.3 Å². The molecule has 2 aromatic rings. The van der Waals surface area contributed by atoms with Gasteiger partial charge in [-0.1, -0.05) is 30.3 Å². The van der Waals surface area contributed by atoms with Gasteiger partial charge in [0.1, 0.15) is 11.1 Å². The van der Waals surface area contributed by atoms with E-state index in [1.54, 1.807) is 18.4 Å². The van der Waals surface area contributed by atoms with E-state index in [-0.39, 0.29) is 35.5 Å². The predicted molar refractivity (Wildman–Crippen MR) is 134 cm³/mol. The molecule has 0 spiro atoms. The van der Waals surface area contributed by atoms with Gasteiger partial charge in [0, 0.05) is 51.8 Å². The van der Waals surface area contributed by atoms with Crippen molar-refractivity contribution in [1.82, 2.24) is 15.2 Å². The first-order valence-electron chi connectivity index (χ1n) is 10.1. The number of benzene rings is 1. The highest BCUT2D eigenvalue weighted by molar-refractivity contribution is 14.0. The van der Waals surface area contributed by atoms with Crippen LogP contribution in [-0.4, -0.2) is 56.8 Å². The average molecular weight is 545 g/mol. The minimum Gasteiger partial charge on any atom is -0.381 e. The van der Waals surface area contributed by atoms with E-state index in [1.165, 1.54) is 5.56 Å². The molecular weight excluding hydrogens is 511 g/mol. The summed E-state index contributed by atoms with van der Waals surface area (Å²) in [6.07, 6.45) is 2.04. The van der Waals surface area contributed by atoms with Crippen molar-refractivity contribution in [2.24, 2.45) is 4.99 Å². The van der Waals surface area contributed by atoms with Gasteiger partial charge in [-0.15, -0.1) is 35.3 Å². The number of thiazole rings is 1. The zero-order valence-corrected chi connectivity index (χ0v) is 21.4. The summed E-state index contributed by atoms with van der Waals surface area (Å²) in [5.41, 5.74) is 2.47. The fourth-order valence-electron chi connectivity index (χ4n) is 3.76. The number of aliphatic imine (C=N–C) groups is 1. The largest absolute Gasteiger partial charge is 0.381 e. The van der Waals surface area contributed by atoms with E-state index in [2.05, 4.69) is 50.9 Å². The number of nitrogens with one attached hydrogen (secondary N) is 1. The van der Waals surface area contributed by atoms with Crippen molar-refractivity contribution in [3.63, 3.8) is 0 Å². The molecule has 3 rings (SSSR count). The average Bonchev–Trinajstić information content (AvgIpc) is 3.23. The number of methoxy groups -OCH3 is 1. The van der Waals surface area contributed by atoms with E-state index in [4.69, 9.17) is 14.5 Å². The van der Waals surface area contributed by atoms with Crippen molar-refractivity contribution < 1.29 is 9.47 Å². The van der Waals surface area contributed by atoms with Crippen LogP contribution in [0.1, 0.15) is 42.1 Å². The van der Waals surface area contributed by atoms with Crippen LogP contribution in [0, 0.1) is 0 Å². The first-order chi connectivity index (χ1) is 14.1. The molecule has 1 aromatic carbocycles. The maximum absolute atomic E-state index is 5.65. The number of halogens is 1. The fraction of sp³-hybridized carbons (Fsp3) is 0.545. The molecule has 1 aliphatic heterocycles. The van der Waals surface area contributed by atoms with Gasteiger partial charge >= 0.3 is 0 Å². The van der Waals surface area contributed by atoms with Crippen LogP contribution in [0.15, 0.2) is 40.7 Å². The first kappa shape index (κ1) is 25.0. The summed E-state index contributed by atoms with van der Waals surface area (Å²) in [6, 6.07) is 10.8. The molecule has 0 radical (unpaired) electrons. The quantitative estimate of drug-likeness (QED) is 0.322. The van der Waals surface area contributed by atoms with Gasteiger partial charge in [-0.25, -0.2) is 4.98 Å². The SMILES string of the molecule is CN=C(NCC1(c2ccccc2)CCOCC1)N(C)Cc1csc(C(C)OC)n1.I. The van der Waals surface area contributed by atoms with E-state index < -0.39 is 0 Å². The lowest BCUT2D eigenvalue weighted by molar-refractivity contribution is 0.0512. The fourth-order valence-corrected chi connectivity index (χ4v) is 4.60. The molecule has 0 amide bonds. The molecule has 0 saturated carbocycles. The van der Waals surface area contributed by atoms with E-state index in [0.29, 0.717) is 6.54 Å². The Morgan fingerprint density at radius 2 is 2.03 bits per heavy atom. The van der Waals surface area contributed by atoms with Gasteiger partial charge in [0.15, 0.2) is 5.96 Å². The normalized spacial score (nSPS) is 17.1. The highest BCUT2D eigenvalue weighted by Gasteiger charge is 2.34. The summed E-state index contributed by atoms with van der Waals surface area (Å²) in [4.78, 5) is 11.3. The number of hydrogen-bond donors (Lipinski definition) is 1. The second kappa shape index (κ2) is 12.0. The van der Waals surface area contributed by atoms with Gasteiger partial charge in [0.05, 0.1) is 12.2 Å². The van der Waals surface area contributed by atoms with Gasteiger partial charge in [0.2, 0.25) is 0 Å². The zero-order valence-electron chi connectivity index (χ0n) is 18.3. The minimum absolute atomic E-state index is 0. The summed E-state index contributed by atoms with van der Waals surface area (Å²) >= 11 is 1.64. The molecule has 0 bridgehead atoms. The van der Waals surface area contributed by atoms with Crippen molar-refractivity contribution in [3.8, 4) is 0 Å². The Balaban J connectivity index is 0.00000320. The van der Waals surface area contributed by atoms with Crippen LogP contribution in [0.25, 0.3) is 0 Å². The van der Waals surface area contributed by atoms with Crippen LogP contribution in [0.5, 0.6) is 0 Å². The molecule has 1 saturated heterocycles. The maximum atomic E-state index is 5.65. The Hall–Kier alpha value is -1.23. The lowest BCUT2D eigenvalue weighted by atomic mass is 9.74. The smallest absolute Gasteiger partial charge is 0.193 e. The third-order valence-electron chi connectivity index (χ3n) is 5.66. The third kappa shape index (κ3) is 6.15. The van der Waals surface area contributed by atoms with Crippen LogP contribution >= 0.6 is 35.3 Å². The molecule has 166 valence electrons. The Labute approximate surface area is 201 Å². The molecular formula is C22H33IN4O2S.